The van der Waals surface area contributed by atoms with E-state index in [1.165, 1.54) is 12.8 Å². The van der Waals surface area contributed by atoms with E-state index in [1.807, 2.05) is 0 Å². The summed E-state index contributed by atoms with van der Waals surface area (Å²) in [6, 6.07) is 0. The fraction of sp³-hybridized carbons (Fsp3) is 0.917. The molecule has 76 valence electrons. The molecule has 0 spiro atoms. The number of carbonyl (C=O) groups is 1. The van der Waals surface area contributed by atoms with Crippen LogP contribution in [0.25, 0.3) is 0 Å². The summed E-state index contributed by atoms with van der Waals surface area (Å²) in [6.45, 7) is 8.53. The summed E-state index contributed by atoms with van der Waals surface area (Å²) in [5, 5.41) is 0. The predicted octanol–water partition coefficient (Wildman–Crippen LogP) is 3.28. The number of ketones is 1. The van der Waals surface area contributed by atoms with Crippen molar-refractivity contribution in [1.82, 2.24) is 0 Å². The zero-order valence-electron chi connectivity index (χ0n) is 9.34. The van der Waals surface area contributed by atoms with Crippen LogP contribution in [0.15, 0.2) is 0 Å². The van der Waals surface area contributed by atoms with Crippen molar-refractivity contribution in [3.8, 4) is 0 Å². The molecular formula is C12H22O. The quantitative estimate of drug-likeness (QED) is 0.640. The van der Waals surface area contributed by atoms with Gasteiger partial charge in [-0.3, -0.25) is 4.79 Å². The van der Waals surface area contributed by atoms with Crippen LogP contribution in [0.2, 0.25) is 0 Å². The molecule has 3 atom stereocenters. The van der Waals surface area contributed by atoms with Crippen molar-refractivity contribution in [2.75, 3.05) is 0 Å². The Morgan fingerprint density at radius 3 is 2.38 bits per heavy atom. The van der Waals surface area contributed by atoms with Crippen molar-refractivity contribution >= 4 is 5.78 Å². The van der Waals surface area contributed by atoms with Crippen molar-refractivity contribution < 1.29 is 4.79 Å². The molecule has 1 aliphatic rings. The Bertz CT molecular complexity index is 184. The SMILES string of the molecule is CC(=O)[C@H]1C[C@H](C)CC[C@H]1C(C)C. The average molecular weight is 182 g/mol. The van der Waals surface area contributed by atoms with Crippen LogP contribution in [-0.2, 0) is 4.79 Å². The monoisotopic (exact) mass is 182 g/mol. The normalized spacial score (nSPS) is 35.0. The van der Waals surface area contributed by atoms with Gasteiger partial charge in [-0.1, -0.05) is 27.2 Å². The Morgan fingerprint density at radius 1 is 1.31 bits per heavy atom. The van der Waals surface area contributed by atoms with Gasteiger partial charge in [-0.05, 0) is 37.5 Å². The first-order valence-corrected chi connectivity index (χ1v) is 5.52. The number of hydrogen-bond acceptors (Lipinski definition) is 1. The van der Waals surface area contributed by atoms with Gasteiger partial charge in [0.1, 0.15) is 5.78 Å². The molecule has 1 aliphatic carbocycles. The molecule has 1 rings (SSSR count). The van der Waals surface area contributed by atoms with Crippen molar-refractivity contribution in [3.63, 3.8) is 0 Å². The van der Waals surface area contributed by atoms with Crippen LogP contribution in [-0.4, -0.2) is 5.78 Å². The van der Waals surface area contributed by atoms with Gasteiger partial charge < -0.3 is 0 Å². The summed E-state index contributed by atoms with van der Waals surface area (Å²) in [7, 11) is 0. The maximum Gasteiger partial charge on any atom is 0.133 e. The fourth-order valence-corrected chi connectivity index (χ4v) is 2.67. The number of carbonyl (C=O) groups excluding carboxylic acids is 1. The summed E-state index contributed by atoms with van der Waals surface area (Å²) >= 11 is 0. The van der Waals surface area contributed by atoms with Gasteiger partial charge in [0, 0.05) is 5.92 Å². The molecule has 0 aliphatic heterocycles. The molecular weight excluding hydrogens is 160 g/mol. The third-order valence-corrected chi connectivity index (χ3v) is 3.54. The lowest BCUT2D eigenvalue weighted by Crippen LogP contribution is -2.32. The minimum atomic E-state index is 0.351. The summed E-state index contributed by atoms with van der Waals surface area (Å²) in [5.74, 6) is 2.83. The highest BCUT2D eigenvalue weighted by atomic mass is 16.1. The molecule has 1 nitrogen and oxygen atoms in total. The second-order valence-corrected chi connectivity index (χ2v) is 5.04. The van der Waals surface area contributed by atoms with E-state index in [0.29, 0.717) is 23.5 Å². The van der Waals surface area contributed by atoms with Crippen molar-refractivity contribution in [3.05, 3.63) is 0 Å². The Hall–Kier alpha value is -0.330. The Labute approximate surface area is 81.9 Å². The minimum absolute atomic E-state index is 0.351. The molecule has 0 aromatic rings. The third-order valence-electron chi connectivity index (χ3n) is 3.54. The molecule has 1 heteroatoms. The highest BCUT2D eigenvalue weighted by molar-refractivity contribution is 5.78. The maximum absolute atomic E-state index is 11.5. The van der Waals surface area contributed by atoms with Gasteiger partial charge in [0.2, 0.25) is 0 Å². The zero-order valence-corrected chi connectivity index (χ0v) is 9.34. The average Bonchev–Trinajstić information content (AvgIpc) is 2.03. The topological polar surface area (TPSA) is 17.1 Å². The Balaban J connectivity index is 2.66. The van der Waals surface area contributed by atoms with Crippen LogP contribution in [0.1, 0.15) is 47.0 Å². The highest BCUT2D eigenvalue weighted by Crippen LogP contribution is 2.38. The van der Waals surface area contributed by atoms with Gasteiger partial charge in [0.05, 0.1) is 0 Å². The first-order valence-electron chi connectivity index (χ1n) is 5.52. The molecule has 0 saturated heterocycles. The third kappa shape index (κ3) is 2.55. The molecule has 1 saturated carbocycles. The van der Waals surface area contributed by atoms with E-state index < -0.39 is 0 Å². The molecule has 0 aromatic carbocycles. The number of hydrogen-bond donors (Lipinski definition) is 0. The molecule has 13 heavy (non-hydrogen) atoms. The summed E-state index contributed by atoms with van der Waals surface area (Å²) in [5.41, 5.74) is 0. The largest absolute Gasteiger partial charge is 0.300 e. The number of Topliss-reactive ketones (excluding diaryl/α,β-unsaturated/α-hetero) is 1. The van der Waals surface area contributed by atoms with E-state index in [9.17, 15) is 4.79 Å². The first kappa shape index (κ1) is 10.7. The molecule has 0 aromatic heterocycles. The molecule has 0 heterocycles. The van der Waals surface area contributed by atoms with E-state index in [0.717, 1.165) is 12.3 Å². The second kappa shape index (κ2) is 4.26. The van der Waals surface area contributed by atoms with E-state index in [1.54, 1.807) is 6.92 Å². The lowest BCUT2D eigenvalue weighted by molar-refractivity contribution is -0.124. The van der Waals surface area contributed by atoms with Gasteiger partial charge in [-0.25, -0.2) is 0 Å². The van der Waals surface area contributed by atoms with E-state index in [-0.39, 0.29) is 0 Å². The molecule has 0 amide bonds. The fourth-order valence-electron chi connectivity index (χ4n) is 2.67. The number of rotatable bonds is 2. The molecule has 0 radical (unpaired) electrons. The summed E-state index contributed by atoms with van der Waals surface area (Å²) in [4.78, 5) is 11.5. The maximum atomic E-state index is 11.5. The van der Waals surface area contributed by atoms with Gasteiger partial charge in [-0.15, -0.1) is 0 Å². The van der Waals surface area contributed by atoms with Crippen LogP contribution < -0.4 is 0 Å². The lowest BCUT2D eigenvalue weighted by Gasteiger charge is -2.35. The second-order valence-electron chi connectivity index (χ2n) is 5.04. The standard InChI is InChI=1S/C12H22O/c1-8(2)11-6-5-9(3)7-12(11)10(4)13/h8-9,11-12H,5-7H2,1-4H3/t9-,11+,12-/m1/s1. The van der Waals surface area contributed by atoms with Crippen molar-refractivity contribution in [1.29, 1.82) is 0 Å². The van der Waals surface area contributed by atoms with Crippen molar-refractivity contribution in [2.24, 2.45) is 23.7 Å². The van der Waals surface area contributed by atoms with Crippen LogP contribution in [0.4, 0.5) is 0 Å². The molecule has 1 fully saturated rings. The zero-order chi connectivity index (χ0) is 10.0. The smallest absolute Gasteiger partial charge is 0.133 e. The van der Waals surface area contributed by atoms with Crippen LogP contribution in [0.3, 0.4) is 0 Å². The van der Waals surface area contributed by atoms with Crippen molar-refractivity contribution in [2.45, 2.75) is 47.0 Å². The van der Waals surface area contributed by atoms with Crippen LogP contribution in [0.5, 0.6) is 0 Å². The molecule has 0 N–H and O–H groups in total. The van der Waals surface area contributed by atoms with E-state index in [2.05, 4.69) is 20.8 Å². The summed E-state index contributed by atoms with van der Waals surface area (Å²) in [6.07, 6.45) is 3.69. The first-order chi connectivity index (χ1) is 6.02. The van der Waals surface area contributed by atoms with E-state index >= 15 is 0 Å². The predicted molar refractivity (Wildman–Crippen MR) is 55.5 cm³/mol. The molecule has 0 bridgehead atoms. The van der Waals surface area contributed by atoms with Crippen LogP contribution in [0, 0.1) is 23.7 Å². The lowest BCUT2D eigenvalue weighted by atomic mass is 9.69. The Kier molecular flexibility index (Phi) is 3.52. The van der Waals surface area contributed by atoms with E-state index in [4.69, 9.17) is 0 Å². The minimum Gasteiger partial charge on any atom is -0.300 e. The van der Waals surface area contributed by atoms with Gasteiger partial charge in [-0.2, -0.15) is 0 Å². The van der Waals surface area contributed by atoms with Crippen LogP contribution >= 0.6 is 0 Å². The Morgan fingerprint density at radius 2 is 1.92 bits per heavy atom. The summed E-state index contributed by atoms with van der Waals surface area (Å²) < 4.78 is 0. The van der Waals surface area contributed by atoms with Gasteiger partial charge in [0.25, 0.3) is 0 Å². The van der Waals surface area contributed by atoms with Gasteiger partial charge in [0.15, 0.2) is 0 Å². The molecule has 0 unspecified atom stereocenters. The highest BCUT2D eigenvalue weighted by Gasteiger charge is 2.33. The van der Waals surface area contributed by atoms with Gasteiger partial charge >= 0.3 is 0 Å².